The summed E-state index contributed by atoms with van der Waals surface area (Å²) in [5.41, 5.74) is 2.51. The number of carbonyl (C=O) groups excluding carboxylic acids is 1. The summed E-state index contributed by atoms with van der Waals surface area (Å²) in [6.07, 6.45) is 1.27. The van der Waals surface area contributed by atoms with Crippen LogP contribution in [0.3, 0.4) is 0 Å². The van der Waals surface area contributed by atoms with Crippen molar-refractivity contribution in [2.45, 2.75) is 24.7 Å². The highest BCUT2D eigenvalue weighted by Crippen LogP contribution is 2.38. The van der Waals surface area contributed by atoms with Gasteiger partial charge in [-0.1, -0.05) is 12.1 Å². The minimum Gasteiger partial charge on any atom is -0.481 e. The van der Waals surface area contributed by atoms with Crippen LogP contribution >= 0.6 is 0 Å². The summed E-state index contributed by atoms with van der Waals surface area (Å²) in [6.45, 7) is 0.898. The van der Waals surface area contributed by atoms with Gasteiger partial charge in [-0.3, -0.25) is 9.59 Å². The molecule has 1 fully saturated rings. The SMILES string of the molecule is O=C(O)CC1(c2ccc3c(c2)CCC(=O)N3)COC1. The smallest absolute Gasteiger partial charge is 0.304 e. The molecule has 0 spiro atoms. The zero-order valence-electron chi connectivity index (χ0n) is 10.4. The Bertz CT molecular complexity index is 548. The molecule has 0 atom stereocenters. The van der Waals surface area contributed by atoms with Crippen molar-refractivity contribution in [2.24, 2.45) is 0 Å². The van der Waals surface area contributed by atoms with Gasteiger partial charge in [-0.05, 0) is 23.6 Å². The van der Waals surface area contributed by atoms with Gasteiger partial charge in [-0.2, -0.15) is 0 Å². The molecule has 3 rings (SSSR count). The van der Waals surface area contributed by atoms with Crippen LogP contribution in [0.2, 0.25) is 0 Å². The Hall–Kier alpha value is -1.88. The van der Waals surface area contributed by atoms with Gasteiger partial charge in [0.25, 0.3) is 0 Å². The number of aliphatic carboxylic acids is 1. The maximum Gasteiger partial charge on any atom is 0.304 e. The van der Waals surface area contributed by atoms with Gasteiger partial charge in [0.05, 0.1) is 25.0 Å². The Morgan fingerprint density at radius 2 is 2.16 bits per heavy atom. The van der Waals surface area contributed by atoms with Crippen LogP contribution in [0.4, 0.5) is 5.69 Å². The van der Waals surface area contributed by atoms with E-state index < -0.39 is 11.4 Å². The largest absolute Gasteiger partial charge is 0.481 e. The fourth-order valence-electron chi connectivity index (χ4n) is 2.72. The summed E-state index contributed by atoms with van der Waals surface area (Å²) in [6, 6.07) is 5.78. The van der Waals surface area contributed by atoms with E-state index in [9.17, 15) is 9.59 Å². The third-order valence-electron chi connectivity index (χ3n) is 3.86. The fraction of sp³-hybridized carbons (Fsp3) is 0.429. The van der Waals surface area contributed by atoms with Gasteiger partial charge in [0.2, 0.25) is 5.91 Å². The molecule has 0 bridgehead atoms. The van der Waals surface area contributed by atoms with Gasteiger partial charge < -0.3 is 15.2 Å². The predicted molar refractivity (Wildman–Crippen MR) is 68.1 cm³/mol. The molecule has 2 N–H and O–H groups in total. The number of amides is 1. The molecule has 2 aliphatic rings. The van der Waals surface area contributed by atoms with Gasteiger partial charge >= 0.3 is 5.97 Å². The van der Waals surface area contributed by atoms with Crippen molar-refractivity contribution in [3.05, 3.63) is 29.3 Å². The van der Waals surface area contributed by atoms with E-state index in [1.165, 1.54) is 0 Å². The fourth-order valence-corrected chi connectivity index (χ4v) is 2.72. The monoisotopic (exact) mass is 261 g/mol. The summed E-state index contributed by atoms with van der Waals surface area (Å²) in [5, 5.41) is 11.9. The number of aryl methyl sites for hydroxylation is 1. The lowest BCUT2D eigenvalue weighted by molar-refractivity contribution is -0.145. The molecule has 2 aliphatic heterocycles. The van der Waals surface area contributed by atoms with Crippen molar-refractivity contribution in [2.75, 3.05) is 18.5 Å². The molecule has 0 aromatic heterocycles. The summed E-state index contributed by atoms with van der Waals surface area (Å²) < 4.78 is 5.22. The van der Waals surface area contributed by atoms with Crippen LogP contribution in [-0.2, 0) is 26.2 Å². The van der Waals surface area contributed by atoms with E-state index in [2.05, 4.69) is 5.32 Å². The normalized spacial score (nSPS) is 20.1. The molecule has 0 radical (unpaired) electrons. The van der Waals surface area contributed by atoms with Crippen molar-refractivity contribution in [3.8, 4) is 0 Å². The number of hydrogen-bond donors (Lipinski definition) is 2. The zero-order valence-corrected chi connectivity index (χ0v) is 10.4. The molecule has 0 aliphatic carbocycles. The van der Waals surface area contributed by atoms with Crippen molar-refractivity contribution in [1.82, 2.24) is 0 Å². The van der Waals surface area contributed by atoms with Crippen LogP contribution in [0.25, 0.3) is 0 Å². The first-order valence-electron chi connectivity index (χ1n) is 6.32. The second-order valence-electron chi connectivity index (χ2n) is 5.26. The van der Waals surface area contributed by atoms with E-state index in [0.717, 1.165) is 16.8 Å². The highest BCUT2D eigenvalue weighted by atomic mass is 16.5. The van der Waals surface area contributed by atoms with E-state index in [4.69, 9.17) is 9.84 Å². The summed E-state index contributed by atoms with van der Waals surface area (Å²) in [7, 11) is 0. The van der Waals surface area contributed by atoms with Crippen LogP contribution in [0.15, 0.2) is 18.2 Å². The maximum atomic E-state index is 11.3. The standard InChI is InChI=1S/C14H15NO4/c16-12-4-1-9-5-10(2-3-11(9)15-12)14(6-13(17)18)7-19-8-14/h2-3,5H,1,4,6-8H2,(H,15,16)(H,17,18). The zero-order chi connectivity index (χ0) is 13.5. The first kappa shape index (κ1) is 12.2. The van der Waals surface area contributed by atoms with Crippen molar-refractivity contribution in [3.63, 3.8) is 0 Å². The third-order valence-corrected chi connectivity index (χ3v) is 3.86. The van der Waals surface area contributed by atoms with E-state index in [1.54, 1.807) is 0 Å². The van der Waals surface area contributed by atoms with Crippen molar-refractivity contribution < 1.29 is 19.4 Å². The molecule has 2 heterocycles. The number of carboxylic acids is 1. The molecular formula is C14H15NO4. The van der Waals surface area contributed by atoms with Crippen molar-refractivity contribution >= 4 is 17.6 Å². The lowest BCUT2D eigenvalue weighted by Crippen LogP contribution is -2.48. The second-order valence-corrected chi connectivity index (χ2v) is 5.26. The molecule has 0 saturated carbocycles. The average Bonchev–Trinajstić information content (AvgIpc) is 2.33. The van der Waals surface area contributed by atoms with Gasteiger partial charge in [0.15, 0.2) is 0 Å². The third kappa shape index (κ3) is 2.10. The molecule has 1 saturated heterocycles. The van der Waals surface area contributed by atoms with Gasteiger partial charge in [-0.25, -0.2) is 0 Å². The first-order valence-corrected chi connectivity index (χ1v) is 6.32. The number of fused-ring (bicyclic) bond motifs is 1. The number of rotatable bonds is 3. The number of nitrogens with one attached hydrogen (secondary N) is 1. The lowest BCUT2D eigenvalue weighted by atomic mass is 9.75. The van der Waals surface area contributed by atoms with Gasteiger partial charge in [-0.15, -0.1) is 0 Å². The van der Waals surface area contributed by atoms with Crippen LogP contribution in [0, 0.1) is 0 Å². The number of benzene rings is 1. The van der Waals surface area contributed by atoms with Gasteiger partial charge in [0, 0.05) is 12.1 Å². The van der Waals surface area contributed by atoms with Crippen LogP contribution in [-0.4, -0.2) is 30.2 Å². The molecule has 1 aromatic carbocycles. The maximum absolute atomic E-state index is 11.3. The Morgan fingerprint density at radius 1 is 1.37 bits per heavy atom. The summed E-state index contributed by atoms with van der Waals surface area (Å²) in [4.78, 5) is 22.3. The summed E-state index contributed by atoms with van der Waals surface area (Å²) >= 11 is 0. The topological polar surface area (TPSA) is 75.6 Å². The Morgan fingerprint density at radius 3 is 2.79 bits per heavy atom. The van der Waals surface area contributed by atoms with Crippen molar-refractivity contribution in [1.29, 1.82) is 0 Å². The number of carboxylic acid groups (broad SMARTS) is 1. The average molecular weight is 261 g/mol. The van der Waals surface area contributed by atoms with Crippen LogP contribution < -0.4 is 5.32 Å². The van der Waals surface area contributed by atoms with E-state index in [1.807, 2.05) is 18.2 Å². The highest BCUT2D eigenvalue weighted by Gasteiger charge is 2.42. The number of anilines is 1. The van der Waals surface area contributed by atoms with Crippen LogP contribution in [0.5, 0.6) is 0 Å². The Labute approximate surface area is 110 Å². The minimum atomic E-state index is -0.811. The van der Waals surface area contributed by atoms with E-state index in [-0.39, 0.29) is 12.3 Å². The quantitative estimate of drug-likeness (QED) is 0.860. The lowest BCUT2D eigenvalue weighted by Gasteiger charge is -2.41. The van der Waals surface area contributed by atoms with Gasteiger partial charge in [0.1, 0.15) is 0 Å². The Kier molecular flexibility index (Phi) is 2.78. The molecule has 100 valence electrons. The Balaban J connectivity index is 1.93. The number of ether oxygens (including phenoxy) is 1. The van der Waals surface area contributed by atoms with E-state index in [0.29, 0.717) is 26.1 Å². The molecule has 5 nitrogen and oxygen atoms in total. The molecule has 0 unspecified atom stereocenters. The highest BCUT2D eigenvalue weighted by molar-refractivity contribution is 5.93. The molecule has 19 heavy (non-hydrogen) atoms. The first-order chi connectivity index (χ1) is 9.09. The number of hydrogen-bond acceptors (Lipinski definition) is 3. The molecule has 5 heteroatoms. The second kappa shape index (κ2) is 4.35. The van der Waals surface area contributed by atoms with Crippen LogP contribution in [0.1, 0.15) is 24.0 Å². The molecular weight excluding hydrogens is 246 g/mol. The minimum absolute atomic E-state index is 0.0347. The predicted octanol–water partition coefficient (Wildman–Crippen LogP) is 1.31. The summed E-state index contributed by atoms with van der Waals surface area (Å²) in [5.74, 6) is -0.776. The van der Waals surface area contributed by atoms with E-state index >= 15 is 0 Å². The molecule has 1 aromatic rings. The molecule has 1 amide bonds. The number of carbonyl (C=O) groups is 2.